The molecule has 0 radical (unpaired) electrons. The SMILES string of the molecule is C[C@@H](O)[C@H]1CCC2C3CCC4=CC(=O)C=C[C@]4(C)C3[C@@H](O)C[C@@]21C. The quantitative estimate of drug-likeness (QED) is 0.776. The molecule has 0 aromatic rings. The van der Waals surface area contributed by atoms with Gasteiger partial charge < -0.3 is 10.2 Å². The second-order valence-corrected chi connectivity index (χ2v) is 9.22. The summed E-state index contributed by atoms with van der Waals surface area (Å²) >= 11 is 0. The molecule has 0 spiro atoms. The molecule has 4 rings (SSSR count). The Labute approximate surface area is 144 Å². The van der Waals surface area contributed by atoms with Gasteiger partial charge in [0.2, 0.25) is 0 Å². The number of aliphatic hydroxyl groups is 2. The molecule has 3 heteroatoms. The Balaban J connectivity index is 1.72. The van der Waals surface area contributed by atoms with E-state index in [4.69, 9.17) is 0 Å². The van der Waals surface area contributed by atoms with Crippen LogP contribution in [-0.2, 0) is 4.79 Å². The summed E-state index contributed by atoms with van der Waals surface area (Å²) < 4.78 is 0. The van der Waals surface area contributed by atoms with Crippen molar-refractivity contribution in [3.8, 4) is 0 Å². The smallest absolute Gasteiger partial charge is 0.178 e. The minimum Gasteiger partial charge on any atom is -0.393 e. The molecule has 3 fully saturated rings. The molecule has 3 nitrogen and oxygen atoms in total. The van der Waals surface area contributed by atoms with Gasteiger partial charge in [-0.15, -0.1) is 0 Å². The molecule has 4 aliphatic rings. The van der Waals surface area contributed by atoms with Gasteiger partial charge in [0.15, 0.2) is 5.78 Å². The number of hydrogen-bond acceptors (Lipinski definition) is 3. The average molecular weight is 330 g/mol. The van der Waals surface area contributed by atoms with Crippen molar-refractivity contribution in [2.45, 2.75) is 65.1 Å². The first-order valence-corrected chi connectivity index (χ1v) is 9.58. The largest absolute Gasteiger partial charge is 0.393 e. The van der Waals surface area contributed by atoms with Gasteiger partial charge in [-0.2, -0.15) is 0 Å². The van der Waals surface area contributed by atoms with Gasteiger partial charge in [-0.05, 0) is 74.3 Å². The highest BCUT2D eigenvalue weighted by Crippen LogP contribution is 2.66. The molecule has 0 aromatic heterocycles. The van der Waals surface area contributed by atoms with Crippen molar-refractivity contribution in [1.82, 2.24) is 0 Å². The van der Waals surface area contributed by atoms with Crippen LogP contribution in [0.25, 0.3) is 0 Å². The van der Waals surface area contributed by atoms with Gasteiger partial charge in [0.05, 0.1) is 12.2 Å². The summed E-state index contributed by atoms with van der Waals surface area (Å²) in [7, 11) is 0. The molecule has 3 saturated carbocycles. The van der Waals surface area contributed by atoms with Gasteiger partial charge in [-0.3, -0.25) is 4.79 Å². The maximum atomic E-state index is 11.8. The lowest BCUT2D eigenvalue weighted by atomic mass is 9.46. The predicted octanol–water partition coefficient (Wildman–Crippen LogP) is 3.26. The fourth-order valence-electron chi connectivity index (χ4n) is 7.16. The normalized spacial score (nSPS) is 51.5. The van der Waals surface area contributed by atoms with Crippen LogP contribution in [0.5, 0.6) is 0 Å². The maximum absolute atomic E-state index is 11.8. The van der Waals surface area contributed by atoms with E-state index in [1.54, 1.807) is 6.08 Å². The molecule has 132 valence electrons. The number of carbonyl (C=O) groups excluding carboxylic acids is 1. The Bertz CT molecular complexity index is 619. The summed E-state index contributed by atoms with van der Waals surface area (Å²) in [5.41, 5.74) is 1.07. The van der Waals surface area contributed by atoms with Crippen molar-refractivity contribution in [2.24, 2.45) is 34.5 Å². The molecule has 3 unspecified atom stereocenters. The minimum atomic E-state index is -0.359. The van der Waals surface area contributed by atoms with Crippen molar-refractivity contribution >= 4 is 5.78 Å². The van der Waals surface area contributed by atoms with Gasteiger partial charge >= 0.3 is 0 Å². The zero-order valence-electron chi connectivity index (χ0n) is 15.0. The molecule has 0 aliphatic heterocycles. The summed E-state index contributed by atoms with van der Waals surface area (Å²) in [6, 6.07) is 0. The van der Waals surface area contributed by atoms with Crippen LogP contribution in [0.15, 0.2) is 23.8 Å². The van der Waals surface area contributed by atoms with Gasteiger partial charge in [0, 0.05) is 11.3 Å². The van der Waals surface area contributed by atoms with Crippen LogP contribution in [0, 0.1) is 34.5 Å². The Morgan fingerprint density at radius 2 is 2.00 bits per heavy atom. The van der Waals surface area contributed by atoms with Crippen LogP contribution < -0.4 is 0 Å². The number of ketones is 1. The van der Waals surface area contributed by atoms with E-state index in [-0.39, 0.29) is 34.7 Å². The molecule has 0 bridgehead atoms. The van der Waals surface area contributed by atoms with E-state index in [0.29, 0.717) is 17.8 Å². The predicted molar refractivity (Wildman–Crippen MR) is 93.2 cm³/mol. The molecule has 0 heterocycles. The number of rotatable bonds is 1. The van der Waals surface area contributed by atoms with Crippen molar-refractivity contribution in [3.63, 3.8) is 0 Å². The third kappa shape index (κ3) is 2.07. The van der Waals surface area contributed by atoms with E-state index in [9.17, 15) is 15.0 Å². The van der Waals surface area contributed by atoms with E-state index < -0.39 is 0 Å². The van der Waals surface area contributed by atoms with Crippen molar-refractivity contribution < 1.29 is 15.0 Å². The molecule has 0 saturated heterocycles. The number of carbonyl (C=O) groups is 1. The monoisotopic (exact) mass is 330 g/mol. The summed E-state index contributed by atoms with van der Waals surface area (Å²) in [4.78, 5) is 11.8. The summed E-state index contributed by atoms with van der Waals surface area (Å²) in [5.74, 6) is 1.66. The van der Waals surface area contributed by atoms with Gasteiger partial charge in [-0.1, -0.05) is 25.5 Å². The number of allylic oxidation sites excluding steroid dienone is 4. The molecule has 4 aliphatic carbocycles. The molecule has 0 aromatic carbocycles. The minimum absolute atomic E-state index is 0.0422. The van der Waals surface area contributed by atoms with Crippen LogP contribution in [0.3, 0.4) is 0 Å². The first-order chi connectivity index (χ1) is 11.3. The van der Waals surface area contributed by atoms with Crippen molar-refractivity contribution in [2.75, 3.05) is 0 Å². The standard InChI is InChI=1S/C21H30O3/c1-12(22)16-6-7-17-15-5-4-13-10-14(23)8-9-20(13,2)19(15)18(24)11-21(16,17)3/h8-10,12,15-19,22,24H,4-7,11H2,1-3H3/t12-,15?,16-,17?,18+,19?,20+,21-/m1/s1. The van der Waals surface area contributed by atoms with Crippen LogP contribution in [0.1, 0.15) is 52.9 Å². The lowest BCUT2D eigenvalue weighted by molar-refractivity contribution is -0.127. The first kappa shape index (κ1) is 16.5. The van der Waals surface area contributed by atoms with E-state index >= 15 is 0 Å². The van der Waals surface area contributed by atoms with Crippen molar-refractivity contribution in [3.05, 3.63) is 23.8 Å². The number of hydrogen-bond donors (Lipinski definition) is 2. The lowest BCUT2D eigenvalue weighted by Gasteiger charge is -2.59. The Hall–Kier alpha value is -0.930. The highest BCUT2D eigenvalue weighted by atomic mass is 16.3. The van der Waals surface area contributed by atoms with E-state index in [1.165, 1.54) is 5.57 Å². The molecular weight excluding hydrogens is 300 g/mol. The van der Waals surface area contributed by atoms with E-state index in [1.807, 2.05) is 13.0 Å². The van der Waals surface area contributed by atoms with Crippen molar-refractivity contribution in [1.29, 1.82) is 0 Å². The molecule has 24 heavy (non-hydrogen) atoms. The second-order valence-electron chi connectivity index (χ2n) is 9.22. The molecule has 8 atom stereocenters. The maximum Gasteiger partial charge on any atom is 0.178 e. The van der Waals surface area contributed by atoms with Gasteiger partial charge in [-0.25, -0.2) is 0 Å². The van der Waals surface area contributed by atoms with Crippen LogP contribution in [0.4, 0.5) is 0 Å². The molecular formula is C21H30O3. The average Bonchev–Trinajstić information content (AvgIpc) is 2.84. The van der Waals surface area contributed by atoms with Gasteiger partial charge in [0.1, 0.15) is 0 Å². The van der Waals surface area contributed by atoms with Crippen LogP contribution >= 0.6 is 0 Å². The molecule has 0 amide bonds. The van der Waals surface area contributed by atoms with Crippen LogP contribution in [0.2, 0.25) is 0 Å². The first-order valence-electron chi connectivity index (χ1n) is 9.58. The highest BCUT2D eigenvalue weighted by molar-refractivity contribution is 6.01. The fourth-order valence-corrected chi connectivity index (χ4v) is 7.16. The van der Waals surface area contributed by atoms with Gasteiger partial charge in [0.25, 0.3) is 0 Å². The Morgan fingerprint density at radius 1 is 1.25 bits per heavy atom. The summed E-state index contributed by atoms with van der Waals surface area (Å²) in [5, 5.41) is 21.4. The molecule has 2 N–H and O–H groups in total. The summed E-state index contributed by atoms with van der Waals surface area (Å²) in [6.45, 7) is 6.43. The Kier molecular flexibility index (Phi) is 3.64. The van der Waals surface area contributed by atoms with E-state index in [2.05, 4.69) is 19.9 Å². The lowest BCUT2D eigenvalue weighted by Crippen LogP contribution is -2.56. The number of aliphatic hydroxyl groups excluding tert-OH is 2. The third-order valence-corrected chi connectivity index (χ3v) is 8.15. The highest BCUT2D eigenvalue weighted by Gasteiger charge is 2.61. The summed E-state index contributed by atoms with van der Waals surface area (Å²) in [6.07, 6.45) is 9.95. The second kappa shape index (κ2) is 5.28. The topological polar surface area (TPSA) is 57.5 Å². The number of fused-ring (bicyclic) bond motifs is 5. The zero-order valence-corrected chi connectivity index (χ0v) is 15.0. The zero-order chi connectivity index (χ0) is 17.3. The fraction of sp³-hybridized carbons (Fsp3) is 0.762. The van der Waals surface area contributed by atoms with E-state index in [0.717, 1.165) is 32.1 Å². The third-order valence-electron chi connectivity index (χ3n) is 8.15. The van der Waals surface area contributed by atoms with Crippen LogP contribution in [-0.4, -0.2) is 28.2 Å². The Morgan fingerprint density at radius 3 is 2.71 bits per heavy atom.